The Morgan fingerprint density at radius 2 is 1.06 bits per heavy atom. The van der Waals surface area contributed by atoms with Crippen molar-refractivity contribution in [3.8, 4) is 11.5 Å². The average molecular weight is 701 g/mol. The topological polar surface area (TPSA) is 71.1 Å². The third-order valence-electron chi connectivity index (χ3n) is 10.7. The molecule has 280 valence electrons. The SMILES string of the molecule is CCCCC[C@H]1CC[C@H](C=CCOc2ccc(C(=O)OC[C@@H](C)OC(=O)c3ccc(OCC=C[C@H]4CC[C@H](CCCCC)CC4)cc3)cc2)CC1. The van der Waals surface area contributed by atoms with Crippen molar-refractivity contribution in [2.24, 2.45) is 23.7 Å². The number of carbonyl (C=O) groups is 2. The first kappa shape index (κ1) is 40.2. The van der Waals surface area contributed by atoms with E-state index in [-0.39, 0.29) is 6.61 Å². The summed E-state index contributed by atoms with van der Waals surface area (Å²) >= 11 is 0. The van der Waals surface area contributed by atoms with Crippen LogP contribution in [0.5, 0.6) is 11.5 Å². The molecule has 2 aromatic rings. The van der Waals surface area contributed by atoms with Crippen LogP contribution in [0.25, 0.3) is 0 Å². The van der Waals surface area contributed by atoms with E-state index in [2.05, 4.69) is 38.2 Å². The highest BCUT2D eigenvalue weighted by Crippen LogP contribution is 2.34. The quantitative estimate of drug-likeness (QED) is 0.0733. The third kappa shape index (κ3) is 15.3. The van der Waals surface area contributed by atoms with E-state index in [0.29, 0.717) is 47.7 Å². The number of ether oxygens (including phenoxy) is 4. The molecule has 0 amide bonds. The van der Waals surface area contributed by atoms with Gasteiger partial charge in [0.1, 0.15) is 37.4 Å². The summed E-state index contributed by atoms with van der Waals surface area (Å²) in [6, 6.07) is 13.9. The van der Waals surface area contributed by atoms with Gasteiger partial charge in [-0.05, 0) is 130 Å². The fraction of sp³-hybridized carbons (Fsp3) is 0.600. The summed E-state index contributed by atoms with van der Waals surface area (Å²) in [4.78, 5) is 25.3. The Bertz CT molecular complexity index is 1310. The number of rotatable bonds is 21. The van der Waals surface area contributed by atoms with Gasteiger partial charge in [0.2, 0.25) is 0 Å². The van der Waals surface area contributed by atoms with Crippen molar-refractivity contribution in [3.05, 3.63) is 84.0 Å². The van der Waals surface area contributed by atoms with Crippen molar-refractivity contribution >= 4 is 11.9 Å². The monoisotopic (exact) mass is 700 g/mol. The molecular weight excluding hydrogens is 636 g/mol. The van der Waals surface area contributed by atoms with E-state index < -0.39 is 18.0 Å². The summed E-state index contributed by atoms with van der Waals surface area (Å²) in [5.41, 5.74) is 0.838. The Hall–Kier alpha value is -3.54. The Morgan fingerprint density at radius 1 is 0.627 bits per heavy atom. The zero-order valence-electron chi connectivity index (χ0n) is 31.7. The van der Waals surface area contributed by atoms with Crippen LogP contribution in [0.3, 0.4) is 0 Å². The minimum Gasteiger partial charge on any atom is -0.490 e. The Balaban J connectivity index is 1.07. The number of hydrogen-bond donors (Lipinski definition) is 0. The first-order valence-corrected chi connectivity index (χ1v) is 20.1. The van der Waals surface area contributed by atoms with Crippen molar-refractivity contribution in [2.75, 3.05) is 19.8 Å². The molecule has 0 bridgehead atoms. The molecule has 1 atom stereocenters. The van der Waals surface area contributed by atoms with Gasteiger partial charge < -0.3 is 18.9 Å². The molecule has 6 nitrogen and oxygen atoms in total. The van der Waals surface area contributed by atoms with E-state index in [9.17, 15) is 9.59 Å². The third-order valence-corrected chi connectivity index (χ3v) is 10.7. The summed E-state index contributed by atoms with van der Waals surface area (Å²) in [5, 5.41) is 0. The molecule has 0 saturated heterocycles. The number of benzene rings is 2. The number of unbranched alkanes of at least 4 members (excludes halogenated alkanes) is 4. The van der Waals surface area contributed by atoms with E-state index in [1.807, 2.05) is 0 Å². The van der Waals surface area contributed by atoms with Gasteiger partial charge in [0.05, 0.1) is 11.1 Å². The van der Waals surface area contributed by atoms with Crippen LogP contribution in [-0.2, 0) is 9.47 Å². The maximum absolute atomic E-state index is 12.7. The van der Waals surface area contributed by atoms with Crippen molar-refractivity contribution in [1.82, 2.24) is 0 Å². The van der Waals surface area contributed by atoms with Gasteiger partial charge in [0.25, 0.3) is 0 Å². The molecule has 0 aromatic heterocycles. The molecule has 6 heteroatoms. The van der Waals surface area contributed by atoms with Crippen LogP contribution >= 0.6 is 0 Å². The zero-order valence-corrected chi connectivity index (χ0v) is 31.7. The van der Waals surface area contributed by atoms with Crippen LogP contribution in [0, 0.1) is 23.7 Å². The van der Waals surface area contributed by atoms with Crippen LogP contribution in [-0.4, -0.2) is 37.9 Å². The van der Waals surface area contributed by atoms with Crippen LogP contribution in [0.2, 0.25) is 0 Å². The predicted molar refractivity (Wildman–Crippen MR) is 206 cm³/mol. The van der Waals surface area contributed by atoms with Gasteiger partial charge in [-0.1, -0.05) is 89.5 Å². The fourth-order valence-corrected chi connectivity index (χ4v) is 7.43. The van der Waals surface area contributed by atoms with E-state index in [0.717, 1.165) is 11.8 Å². The summed E-state index contributed by atoms with van der Waals surface area (Å²) in [6.45, 7) is 7.23. The maximum Gasteiger partial charge on any atom is 0.338 e. The summed E-state index contributed by atoms with van der Waals surface area (Å²) < 4.78 is 22.7. The molecule has 0 aliphatic heterocycles. The molecule has 2 saturated carbocycles. The van der Waals surface area contributed by atoms with Gasteiger partial charge in [-0.25, -0.2) is 9.59 Å². The van der Waals surface area contributed by atoms with Crippen LogP contribution in [0.15, 0.2) is 72.8 Å². The van der Waals surface area contributed by atoms with E-state index >= 15 is 0 Å². The second kappa shape index (κ2) is 23.1. The van der Waals surface area contributed by atoms with Crippen LogP contribution in [0.4, 0.5) is 0 Å². The molecule has 2 aliphatic carbocycles. The number of hydrogen-bond acceptors (Lipinski definition) is 6. The number of allylic oxidation sites excluding steroid dienone is 2. The summed E-state index contributed by atoms with van der Waals surface area (Å²) in [7, 11) is 0. The van der Waals surface area contributed by atoms with E-state index in [1.165, 1.54) is 103 Å². The second-order valence-corrected chi connectivity index (χ2v) is 14.9. The first-order valence-electron chi connectivity index (χ1n) is 20.1. The largest absolute Gasteiger partial charge is 0.490 e. The van der Waals surface area contributed by atoms with Gasteiger partial charge in [-0.2, -0.15) is 0 Å². The van der Waals surface area contributed by atoms with E-state index in [4.69, 9.17) is 18.9 Å². The molecule has 0 N–H and O–H groups in total. The second-order valence-electron chi connectivity index (χ2n) is 14.9. The van der Waals surface area contributed by atoms with Crippen molar-refractivity contribution < 1.29 is 28.5 Å². The zero-order chi connectivity index (χ0) is 36.1. The lowest BCUT2D eigenvalue weighted by molar-refractivity contribution is 0.00447. The minimum atomic E-state index is -0.598. The van der Waals surface area contributed by atoms with Gasteiger partial charge >= 0.3 is 11.9 Å². The lowest BCUT2D eigenvalue weighted by Gasteiger charge is -2.26. The first-order chi connectivity index (χ1) is 24.9. The van der Waals surface area contributed by atoms with Gasteiger partial charge in [0, 0.05) is 0 Å². The normalized spacial score (nSPS) is 21.4. The molecule has 2 fully saturated rings. The highest BCUT2D eigenvalue weighted by atomic mass is 16.6. The van der Waals surface area contributed by atoms with Crippen LogP contribution < -0.4 is 9.47 Å². The molecule has 2 aliphatic rings. The minimum absolute atomic E-state index is 0.0394. The molecule has 4 rings (SSSR count). The smallest absolute Gasteiger partial charge is 0.338 e. The lowest BCUT2D eigenvalue weighted by atomic mass is 9.79. The van der Waals surface area contributed by atoms with Crippen LogP contribution in [0.1, 0.15) is 144 Å². The lowest BCUT2D eigenvalue weighted by Crippen LogP contribution is -2.22. The molecule has 2 aromatic carbocycles. The molecule has 0 radical (unpaired) electrons. The molecule has 0 unspecified atom stereocenters. The van der Waals surface area contributed by atoms with E-state index in [1.54, 1.807) is 55.5 Å². The summed E-state index contributed by atoms with van der Waals surface area (Å²) in [5.74, 6) is 3.62. The maximum atomic E-state index is 12.7. The molecule has 0 spiro atoms. The number of carbonyl (C=O) groups excluding carboxylic acids is 2. The standard InChI is InChI=1S/C45H64O6/c1-4-6-8-12-36-16-20-38(21-17-36)14-10-32-48-42-28-24-40(25-29-42)44(46)50-34-35(3)51-45(47)41-26-30-43(31-27-41)49-33-11-15-39-22-18-37(19-23-39)13-9-7-5-2/h10-11,14-15,24-31,35-39H,4-9,12-13,16-23,32-34H2,1-3H3/t35-,36-,37-,38-,39-/m1/s1. The highest BCUT2D eigenvalue weighted by molar-refractivity contribution is 5.90. The van der Waals surface area contributed by atoms with Gasteiger partial charge in [-0.15, -0.1) is 0 Å². The average Bonchev–Trinajstić information content (AvgIpc) is 3.16. The van der Waals surface area contributed by atoms with Gasteiger partial charge in [-0.3, -0.25) is 0 Å². The number of esters is 2. The summed E-state index contributed by atoms with van der Waals surface area (Å²) in [6.07, 6.45) is 29.7. The van der Waals surface area contributed by atoms with Crippen molar-refractivity contribution in [3.63, 3.8) is 0 Å². The Kier molecular flexibility index (Phi) is 18.2. The van der Waals surface area contributed by atoms with Crippen molar-refractivity contribution in [2.45, 2.75) is 130 Å². The molecule has 0 heterocycles. The molecular formula is C45H64O6. The van der Waals surface area contributed by atoms with Gasteiger partial charge in [0.15, 0.2) is 0 Å². The fourth-order valence-electron chi connectivity index (χ4n) is 7.43. The Morgan fingerprint density at radius 3 is 1.49 bits per heavy atom. The Labute approximate surface area is 308 Å². The molecule has 51 heavy (non-hydrogen) atoms. The predicted octanol–water partition coefficient (Wildman–Crippen LogP) is 11.7. The van der Waals surface area contributed by atoms with Crippen molar-refractivity contribution in [1.29, 1.82) is 0 Å². The highest BCUT2D eigenvalue weighted by Gasteiger charge is 2.20.